The molecule has 4 unspecified atom stereocenters. The Kier molecular flexibility index (Phi) is 3.48. The van der Waals surface area contributed by atoms with Crippen LogP contribution in [0.1, 0.15) is 30.4 Å². The minimum absolute atomic E-state index is 0.664. The van der Waals surface area contributed by atoms with Crippen LogP contribution < -0.4 is 0 Å². The molecule has 140 valence electrons. The van der Waals surface area contributed by atoms with Crippen molar-refractivity contribution in [1.82, 2.24) is 9.47 Å². The molecule has 28 heavy (non-hydrogen) atoms. The molecule has 3 aromatic carbocycles. The van der Waals surface area contributed by atoms with E-state index in [0.717, 1.165) is 5.92 Å². The third-order valence-corrected chi connectivity index (χ3v) is 7.29. The summed E-state index contributed by atoms with van der Waals surface area (Å²) in [6, 6.07) is 25.2. The van der Waals surface area contributed by atoms with Gasteiger partial charge in [-0.15, -0.1) is 0 Å². The van der Waals surface area contributed by atoms with Gasteiger partial charge in [0.1, 0.15) is 0 Å². The standard InChI is InChI=1S/C26H26N2/c1-17-14-25-23(15-22(17)26-18(2)27-13-12-19(26)16-27)21-10-6-7-11-24(21)28(25)20-8-4-3-5-9-20/h3-11,14-15,18-19,26H,12-13,16H2,1-2H3. The number of rotatable bonds is 2. The molecule has 0 amide bonds. The second-order valence-corrected chi connectivity index (χ2v) is 8.72. The van der Waals surface area contributed by atoms with Gasteiger partial charge in [0.2, 0.25) is 0 Å². The lowest BCUT2D eigenvalue weighted by atomic mass is 9.79. The van der Waals surface area contributed by atoms with E-state index in [-0.39, 0.29) is 0 Å². The van der Waals surface area contributed by atoms with Crippen LogP contribution in [0.3, 0.4) is 0 Å². The molecule has 2 bridgehead atoms. The Morgan fingerprint density at radius 3 is 2.43 bits per heavy atom. The molecule has 2 aliphatic rings. The summed E-state index contributed by atoms with van der Waals surface area (Å²) in [4.78, 5) is 2.69. The molecule has 1 aromatic heterocycles. The number of aryl methyl sites for hydroxylation is 1. The topological polar surface area (TPSA) is 8.17 Å². The van der Waals surface area contributed by atoms with Crippen LogP contribution in [0.2, 0.25) is 0 Å². The van der Waals surface area contributed by atoms with E-state index in [4.69, 9.17) is 0 Å². The maximum absolute atomic E-state index is 2.69. The Hall–Kier alpha value is -2.58. The van der Waals surface area contributed by atoms with Gasteiger partial charge in [-0.05, 0) is 74.2 Å². The van der Waals surface area contributed by atoms with Gasteiger partial charge < -0.3 is 4.57 Å². The summed E-state index contributed by atoms with van der Waals surface area (Å²) in [7, 11) is 0. The summed E-state index contributed by atoms with van der Waals surface area (Å²) in [5.74, 6) is 1.51. The average Bonchev–Trinajstić information content (AvgIpc) is 3.40. The van der Waals surface area contributed by atoms with E-state index in [9.17, 15) is 0 Å². The van der Waals surface area contributed by atoms with Gasteiger partial charge >= 0.3 is 0 Å². The molecule has 4 aromatic rings. The zero-order chi connectivity index (χ0) is 18.8. The van der Waals surface area contributed by atoms with Gasteiger partial charge in [0.05, 0.1) is 11.0 Å². The minimum atomic E-state index is 0.664. The quantitative estimate of drug-likeness (QED) is 0.429. The molecule has 6 rings (SSSR count). The minimum Gasteiger partial charge on any atom is -0.309 e. The van der Waals surface area contributed by atoms with Crippen LogP contribution >= 0.6 is 0 Å². The van der Waals surface area contributed by atoms with E-state index in [2.05, 4.69) is 90.0 Å². The Bertz CT molecular complexity index is 1190. The molecule has 0 N–H and O–H groups in total. The maximum atomic E-state index is 2.69. The molecule has 0 spiro atoms. The Morgan fingerprint density at radius 2 is 1.64 bits per heavy atom. The van der Waals surface area contributed by atoms with E-state index in [1.165, 1.54) is 52.6 Å². The molecule has 4 atom stereocenters. The monoisotopic (exact) mass is 366 g/mol. The molecule has 2 heteroatoms. The summed E-state index contributed by atoms with van der Waals surface area (Å²) in [6.07, 6.45) is 1.36. The van der Waals surface area contributed by atoms with Gasteiger partial charge in [0.15, 0.2) is 0 Å². The molecule has 3 heterocycles. The number of nitrogens with zero attached hydrogens (tertiary/aromatic N) is 2. The summed E-state index contributed by atoms with van der Waals surface area (Å²) in [5, 5.41) is 2.75. The van der Waals surface area contributed by atoms with Crippen LogP contribution in [0.4, 0.5) is 0 Å². The lowest BCUT2D eigenvalue weighted by molar-refractivity contribution is 0.256. The number of fused-ring (bicyclic) bond motifs is 5. The van der Waals surface area contributed by atoms with Crippen LogP contribution in [0.15, 0.2) is 66.7 Å². The number of aromatic nitrogens is 1. The summed E-state index contributed by atoms with van der Waals surface area (Å²) >= 11 is 0. The fourth-order valence-electron chi connectivity index (χ4n) is 5.96. The SMILES string of the molecule is Cc1cc2c(cc1C1C3CCN(C3)C1C)c1ccccc1n2-c1ccccc1. The Balaban J connectivity index is 1.64. The van der Waals surface area contributed by atoms with Crippen molar-refractivity contribution >= 4 is 21.8 Å². The molecule has 2 nitrogen and oxygen atoms in total. The first-order valence-corrected chi connectivity index (χ1v) is 10.6. The molecule has 0 saturated carbocycles. The third-order valence-electron chi connectivity index (χ3n) is 7.29. The van der Waals surface area contributed by atoms with Crippen molar-refractivity contribution in [3.63, 3.8) is 0 Å². The predicted molar refractivity (Wildman–Crippen MR) is 117 cm³/mol. The number of hydrogen-bond acceptors (Lipinski definition) is 1. The van der Waals surface area contributed by atoms with E-state index in [1.54, 1.807) is 5.56 Å². The molecule has 0 aliphatic carbocycles. The zero-order valence-corrected chi connectivity index (χ0v) is 16.6. The molecule has 2 saturated heterocycles. The van der Waals surface area contributed by atoms with Crippen LogP contribution in [0, 0.1) is 12.8 Å². The fraction of sp³-hybridized carbons (Fsp3) is 0.308. The van der Waals surface area contributed by atoms with E-state index >= 15 is 0 Å². The molecular formula is C26H26N2. The summed E-state index contributed by atoms with van der Waals surface area (Å²) < 4.78 is 2.43. The normalized spacial score (nSPS) is 26.5. The van der Waals surface area contributed by atoms with E-state index in [1.807, 2.05) is 0 Å². The highest BCUT2D eigenvalue weighted by Crippen LogP contribution is 2.46. The van der Waals surface area contributed by atoms with Crippen molar-refractivity contribution in [2.75, 3.05) is 13.1 Å². The highest BCUT2D eigenvalue weighted by atomic mass is 15.2. The smallest absolute Gasteiger partial charge is 0.0543 e. The Morgan fingerprint density at radius 1 is 0.857 bits per heavy atom. The van der Waals surface area contributed by atoms with Gasteiger partial charge in [-0.3, -0.25) is 4.90 Å². The van der Waals surface area contributed by atoms with E-state index in [0.29, 0.717) is 12.0 Å². The Labute approximate surface area is 166 Å². The predicted octanol–water partition coefficient (Wildman–Crippen LogP) is 5.90. The number of benzene rings is 3. The molecule has 2 fully saturated rings. The zero-order valence-electron chi connectivity index (χ0n) is 16.6. The van der Waals surface area contributed by atoms with Crippen molar-refractivity contribution in [2.45, 2.75) is 32.2 Å². The number of piperidine rings is 1. The first kappa shape index (κ1) is 16.4. The number of hydrogen-bond donors (Lipinski definition) is 0. The largest absolute Gasteiger partial charge is 0.309 e. The van der Waals surface area contributed by atoms with Crippen LogP contribution in [0.25, 0.3) is 27.5 Å². The summed E-state index contributed by atoms with van der Waals surface area (Å²) in [6.45, 7) is 7.32. The van der Waals surface area contributed by atoms with Crippen molar-refractivity contribution in [2.24, 2.45) is 5.92 Å². The van der Waals surface area contributed by atoms with Crippen LogP contribution in [-0.4, -0.2) is 28.6 Å². The molecule has 0 radical (unpaired) electrons. The highest BCUT2D eigenvalue weighted by Gasteiger charge is 2.44. The highest BCUT2D eigenvalue weighted by molar-refractivity contribution is 6.09. The van der Waals surface area contributed by atoms with Gasteiger partial charge in [0, 0.05) is 35.0 Å². The lowest BCUT2D eigenvalue weighted by Crippen LogP contribution is -2.32. The van der Waals surface area contributed by atoms with Crippen LogP contribution in [-0.2, 0) is 0 Å². The van der Waals surface area contributed by atoms with Gasteiger partial charge in [0.25, 0.3) is 0 Å². The lowest BCUT2D eigenvalue weighted by Gasteiger charge is -2.31. The van der Waals surface area contributed by atoms with Crippen molar-refractivity contribution < 1.29 is 0 Å². The number of para-hydroxylation sites is 2. The second-order valence-electron chi connectivity index (χ2n) is 8.72. The summed E-state index contributed by atoms with van der Waals surface area (Å²) in [5.41, 5.74) is 6.87. The maximum Gasteiger partial charge on any atom is 0.0543 e. The molecular weight excluding hydrogens is 340 g/mol. The first-order valence-electron chi connectivity index (χ1n) is 10.6. The fourth-order valence-corrected chi connectivity index (χ4v) is 5.96. The van der Waals surface area contributed by atoms with Crippen molar-refractivity contribution in [3.8, 4) is 5.69 Å². The molecule has 2 aliphatic heterocycles. The van der Waals surface area contributed by atoms with Gasteiger partial charge in [-0.1, -0.05) is 36.4 Å². The van der Waals surface area contributed by atoms with Crippen molar-refractivity contribution in [1.29, 1.82) is 0 Å². The third kappa shape index (κ3) is 2.18. The van der Waals surface area contributed by atoms with Gasteiger partial charge in [-0.25, -0.2) is 0 Å². The second kappa shape index (κ2) is 5.96. The first-order chi connectivity index (χ1) is 13.7. The average molecular weight is 367 g/mol. The van der Waals surface area contributed by atoms with Crippen LogP contribution in [0.5, 0.6) is 0 Å². The van der Waals surface area contributed by atoms with E-state index < -0.39 is 0 Å². The van der Waals surface area contributed by atoms with Gasteiger partial charge in [-0.2, -0.15) is 0 Å². The van der Waals surface area contributed by atoms with Crippen molar-refractivity contribution in [3.05, 3.63) is 77.9 Å².